The molecule has 1 aromatic carbocycles. The van der Waals surface area contributed by atoms with Crippen molar-refractivity contribution in [3.8, 4) is 5.75 Å². The van der Waals surface area contributed by atoms with E-state index in [1.165, 1.54) is 0 Å². The molecule has 1 atom stereocenters. The van der Waals surface area contributed by atoms with Gasteiger partial charge in [0.05, 0.1) is 12.5 Å². The monoisotopic (exact) mass is 333 g/mol. The molecule has 0 unspecified atom stereocenters. The number of nitrogens with zero attached hydrogens (tertiary/aromatic N) is 1. The molecule has 24 heavy (non-hydrogen) atoms. The third-order valence-electron chi connectivity index (χ3n) is 4.34. The normalized spacial score (nSPS) is 16.5. The van der Waals surface area contributed by atoms with E-state index in [1.54, 1.807) is 4.90 Å². The minimum Gasteiger partial charge on any atom is -0.481 e. The first-order valence-electron chi connectivity index (χ1n) is 8.73. The molecule has 1 fully saturated rings. The summed E-state index contributed by atoms with van der Waals surface area (Å²) in [6.07, 6.45) is 1.45. The quantitative estimate of drug-likeness (QED) is 0.751. The topological polar surface area (TPSA) is 55.8 Å². The van der Waals surface area contributed by atoms with Gasteiger partial charge in [-0.25, -0.2) is 0 Å². The van der Waals surface area contributed by atoms with E-state index in [0.717, 1.165) is 11.3 Å². The molecule has 0 bridgehead atoms. The van der Waals surface area contributed by atoms with Gasteiger partial charge in [0, 0.05) is 13.1 Å². The molecular weight excluding hydrogens is 306 g/mol. The highest BCUT2D eigenvalue weighted by atomic mass is 16.5. The van der Waals surface area contributed by atoms with Crippen molar-refractivity contribution in [1.29, 1.82) is 0 Å². The lowest BCUT2D eigenvalue weighted by Gasteiger charge is -2.33. The summed E-state index contributed by atoms with van der Waals surface area (Å²) in [6, 6.07) is 7.72. The molecule has 0 saturated carbocycles. The number of esters is 1. The lowest BCUT2D eigenvalue weighted by Crippen LogP contribution is -2.46. The van der Waals surface area contributed by atoms with Crippen LogP contribution in [0.2, 0.25) is 0 Å². The van der Waals surface area contributed by atoms with Crippen LogP contribution in [0.25, 0.3) is 0 Å². The van der Waals surface area contributed by atoms with E-state index in [9.17, 15) is 9.59 Å². The number of carbonyl (C=O) groups excluding carboxylic acids is 2. The number of hydrogen-bond acceptors (Lipinski definition) is 4. The number of rotatable bonds is 6. The third-order valence-corrected chi connectivity index (χ3v) is 4.34. The molecule has 1 aromatic rings. The number of ether oxygens (including phenoxy) is 2. The predicted molar refractivity (Wildman–Crippen MR) is 91.8 cm³/mol. The molecule has 0 radical (unpaired) electrons. The molecule has 1 amide bonds. The van der Waals surface area contributed by atoms with Crippen LogP contribution >= 0.6 is 0 Å². The van der Waals surface area contributed by atoms with Crippen molar-refractivity contribution >= 4 is 11.9 Å². The maximum Gasteiger partial charge on any atom is 0.309 e. The van der Waals surface area contributed by atoms with E-state index < -0.39 is 6.10 Å². The fraction of sp³-hybridized carbons (Fsp3) is 0.579. The Bertz CT molecular complexity index is 564. The van der Waals surface area contributed by atoms with Gasteiger partial charge in [0.15, 0.2) is 6.10 Å². The van der Waals surface area contributed by atoms with Crippen molar-refractivity contribution in [3.63, 3.8) is 0 Å². The van der Waals surface area contributed by atoms with Crippen molar-refractivity contribution in [3.05, 3.63) is 29.8 Å². The number of amides is 1. The summed E-state index contributed by atoms with van der Waals surface area (Å²) >= 11 is 0. The molecule has 2 rings (SSSR count). The van der Waals surface area contributed by atoms with Crippen LogP contribution in [0.5, 0.6) is 5.75 Å². The second kappa shape index (κ2) is 8.71. The van der Waals surface area contributed by atoms with Gasteiger partial charge in [-0.1, -0.05) is 19.1 Å². The van der Waals surface area contributed by atoms with E-state index in [2.05, 4.69) is 0 Å². The second-order valence-corrected chi connectivity index (χ2v) is 6.18. The molecule has 1 aliphatic rings. The molecular formula is C19H27NO4. The van der Waals surface area contributed by atoms with E-state index in [4.69, 9.17) is 9.47 Å². The Hall–Kier alpha value is -2.04. The maximum atomic E-state index is 12.7. The molecule has 5 nitrogen and oxygen atoms in total. The zero-order valence-corrected chi connectivity index (χ0v) is 14.8. The molecule has 132 valence electrons. The summed E-state index contributed by atoms with van der Waals surface area (Å²) in [5, 5.41) is 0. The number of aryl methyl sites for hydroxylation is 1. The summed E-state index contributed by atoms with van der Waals surface area (Å²) in [7, 11) is 0. The standard InChI is InChI=1S/C19H27NO4/c1-4-17(24-16-8-6-7-14(3)13-16)18(21)20-11-9-15(10-12-20)19(22)23-5-2/h6-8,13,15,17H,4-5,9-12H2,1-3H3/t17-/m1/s1. The summed E-state index contributed by atoms with van der Waals surface area (Å²) in [5.41, 5.74) is 1.10. The zero-order valence-electron chi connectivity index (χ0n) is 14.8. The first-order chi connectivity index (χ1) is 11.5. The van der Waals surface area contributed by atoms with Crippen molar-refractivity contribution < 1.29 is 19.1 Å². The van der Waals surface area contributed by atoms with Crippen molar-refractivity contribution in [2.75, 3.05) is 19.7 Å². The Morgan fingerprint density at radius 2 is 1.96 bits per heavy atom. The van der Waals surface area contributed by atoms with Crippen LogP contribution in [-0.2, 0) is 14.3 Å². The van der Waals surface area contributed by atoms with Crippen LogP contribution in [0.15, 0.2) is 24.3 Å². The molecule has 1 aliphatic heterocycles. The molecule has 0 N–H and O–H groups in total. The van der Waals surface area contributed by atoms with E-state index >= 15 is 0 Å². The van der Waals surface area contributed by atoms with Crippen LogP contribution in [-0.4, -0.2) is 42.6 Å². The van der Waals surface area contributed by atoms with Gasteiger partial charge in [0.25, 0.3) is 5.91 Å². The fourth-order valence-electron chi connectivity index (χ4n) is 2.96. The lowest BCUT2D eigenvalue weighted by atomic mass is 9.96. The first-order valence-corrected chi connectivity index (χ1v) is 8.73. The lowest BCUT2D eigenvalue weighted by molar-refractivity contribution is -0.152. The van der Waals surface area contributed by atoms with Gasteiger partial charge >= 0.3 is 5.97 Å². The van der Waals surface area contributed by atoms with Gasteiger partial charge < -0.3 is 14.4 Å². The van der Waals surface area contributed by atoms with Crippen molar-refractivity contribution in [2.24, 2.45) is 5.92 Å². The summed E-state index contributed by atoms with van der Waals surface area (Å²) in [6.45, 7) is 7.32. The molecule has 1 saturated heterocycles. The molecule has 5 heteroatoms. The van der Waals surface area contributed by atoms with Crippen LogP contribution < -0.4 is 4.74 Å². The van der Waals surface area contributed by atoms with Crippen LogP contribution in [0.1, 0.15) is 38.7 Å². The number of likely N-dealkylation sites (tertiary alicyclic amines) is 1. The van der Waals surface area contributed by atoms with E-state index in [0.29, 0.717) is 39.0 Å². The minimum atomic E-state index is -0.481. The highest BCUT2D eigenvalue weighted by Crippen LogP contribution is 2.21. The van der Waals surface area contributed by atoms with Crippen LogP contribution in [0.4, 0.5) is 0 Å². The third kappa shape index (κ3) is 4.73. The number of benzene rings is 1. The average Bonchev–Trinajstić information content (AvgIpc) is 2.59. The van der Waals surface area contributed by atoms with Gasteiger partial charge in [0.2, 0.25) is 0 Å². The molecule has 0 spiro atoms. The average molecular weight is 333 g/mol. The Morgan fingerprint density at radius 3 is 2.54 bits per heavy atom. The summed E-state index contributed by atoms with van der Waals surface area (Å²) < 4.78 is 11.0. The summed E-state index contributed by atoms with van der Waals surface area (Å²) in [5.74, 6) is 0.484. The second-order valence-electron chi connectivity index (χ2n) is 6.18. The largest absolute Gasteiger partial charge is 0.481 e. The Morgan fingerprint density at radius 1 is 1.25 bits per heavy atom. The highest BCUT2D eigenvalue weighted by Gasteiger charge is 2.31. The Balaban J connectivity index is 1.91. The van der Waals surface area contributed by atoms with Crippen LogP contribution in [0.3, 0.4) is 0 Å². The van der Waals surface area contributed by atoms with E-state index in [1.807, 2.05) is 45.0 Å². The van der Waals surface area contributed by atoms with E-state index in [-0.39, 0.29) is 17.8 Å². The molecule has 1 heterocycles. The Kier molecular flexibility index (Phi) is 6.64. The number of carbonyl (C=O) groups is 2. The SMILES string of the molecule is CCOC(=O)C1CCN(C(=O)[C@@H](CC)Oc2cccc(C)c2)CC1. The van der Waals surface area contributed by atoms with Crippen molar-refractivity contribution in [1.82, 2.24) is 4.90 Å². The zero-order chi connectivity index (χ0) is 17.5. The van der Waals surface area contributed by atoms with Crippen LogP contribution in [0, 0.1) is 12.8 Å². The van der Waals surface area contributed by atoms with Gasteiger partial charge in [0.1, 0.15) is 5.75 Å². The highest BCUT2D eigenvalue weighted by molar-refractivity contribution is 5.81. The summed E-state index contributed by atoms with van der Waals surface area (Å²) in [4.78, 5) is 26.3. The van der Waals surface area contributed by atoms with Gasteiger partial charge in [-0.15, -0.1) is 0 Å². The predicted octanol–water partition coefficient (Wildman–Crippen LogP) is 2.95. The van der Waals surface area contributed by atoms with Crippen molar-refractivity contribution in [2.45, 2.75) is 46.1 Å². The fourth-order valence-corrected chi connectivity index (χ4v) is 2.96. The Labute approximate surface area is 143 Å². The smallest absolute Gasteiger partial charge is 0.309 e. The maximum absolute atomic E-state index is 12.7. The molecule has 0 aliphatic carbocycles. The molecule has 0 aromatic heterocycles. The first kappa shape index (κ1) is 18.3. The van der Waals surface area contributed by atoms with Gasteiger partial charge in [-0.2, -0.15) is 0 Å². The van der Waals surface area contributed by atoms with Gasteiger partial charge in [-0.3, -0.25) is 9.59 Å². The minimum absolute atomic E-state index is 0.00122. The number of hydrogen-bond donors (Lipinski definition) is 0. The van der Waals surface area contributed by atoms with Gasteiger partial charge in [-0.05, 0) is 50.8 Å². The number of piperidine rings is 1.